The number of nitrogens with zero attached hydrogens (tertiary/aromatic N) is 3. The number of anilines is 2. The van der Waals surface area contributed by atoms with Gasteiger partial charge in [0.2, 0.25) is 5.95 Å². The first-order chi connectivity index (χ1) is 7.20. The first-order valence-corrected chi connectivity index (χ1v) is 5.26. The van der Waals surface area contributed by atoms with Crippen molar-refractivity contribution in [2.75, 3.05) is 23.8 Å². The van der Waals surface area contributed by atoms with Crippen molar-refractivity contribution in [3.05, 3.63) is 11.2 Å². The Morgan fingerprint density at radius 2 is 2.40 bits per heavy atom. The van der Waals surface area contributed by atoms with Crippen molar-refractivity contribution in [3.8, 4) is 0 Å². The highest BCUT2D eigenvalue weighted by molar-refractivity contribution is 6.29. The highest BCUT2D eigenvalue weighted by Gasteiger charge is 2.25. The van der Waals surface area contributed by atoms with Crippen LogP contribution in [0.3, 0.4) is 0 Å². The molecule has 6 heteroatoms. The lowest BCUT2D eigenvalue weighted by Gasteiger charge is -2.24. The van der Waals surface area contributed by atoms with Crippen LogP contribution in [0.1, 0.15) is 12.8 Å². The average molecular weight is 229 g/mol. The molecule has 0 saturated carbocycles. The minimum atomic E-state index is 0.121. The second-order valence-electron chi connectivity index (χ2n) is 3.58. The van der Waals surface area contributed by atoms with Crippen LogP contribution in [-0.2, 0) is 0 Å². The van der Waals surface area contributed by atoms with E-state index in [0.29, 0.717) is 11.0 Å². The quantitative estimate of drug-likeness (QED) is 0.728. The normalized spacial score (nSPS) is 20.9. The average Bonchev–Trinajstić information content (AvgIpc) is 2.63. The van der Waals surface area contributed by atoms with Crippen LogP contribution in [0.2, 0.25) is 5.15 Å². The third kappa shape index (κ3) is 2.13. The molecular weight excluding hydrogens is 216 g/mol. The Kier molecular flexibility index (Phi) is 2.93. The summed E-state index contributed by atoms with van der Waals surface area (Å²) >= 11 is 5.80. The van der Waals surface area contributed by atoms with Gasteiger partial charge in [-0.15, -0.1) is 0 Å². The summed E-state index contributed by atoms with van der Waals surface area (Å²) in [7, 11) is 0. The van der Waals surface area contributed by atoms with E-state index in [9.17, 15) is 5.11 Å². The van der Waals surface area contributed by atoms with Gasteiger partial charge in [-0.1, -0.05) is 11.6 Å². The minimum Gasteiger partial charge on any atom is -0.394 e. The van der Waals surface area contributed by atoms with Gasteiger partial charge in [0.1, 0.15) is 11.0 Å². The molecule has 5 nitrogen and oxygen atoms in total. The molecule has 0 bridgehead atoms. The van der Waals surface area contributed by atoms with Crippen molar-refractivity contribution in [3.63, 3.8) is 0 Å². The highest BCUT2D eigenvalue weighted by Crippen LogP contribution is 2.25. The second kappa shape index (κ2) is 4.20. The molecule has 15 heavy (non-hydrogen) atoms. The maximum atomic E-state index is 9.19. The topological polar surface area (TPSA) is 75.3 Å². The maximum absolute atomic E-state index is 9.19. The Hall–Kier alpha value is -1.07. The van der Waals surface area contributed by atoms with E-state index in [0.717, 1.165) is 19.4 Å². The summed E-state index contributed by atoms with van der Waals surface area (Å²) in [6, 6.07) is 1.79. The fraction of sp³-hybridized carbons (Fsp3) is 0.556. The molecule has 82 valence electrons. The third-order valence-corrected chi connectivity index (χ3v) is 2.77. The summed E-state index contributed by atoms with van der Waals surface area (Å²) in [5.41, 5.74) is 5.52. The molecule has 0 radical (unpaired) electrons. The number of halogens is 1. The van der Waals surface area contributed by atoms with E-state index in [1.54, 1.807) is 6.07 Å². The molecule has 0 amide bonds. The number of hydrogen-bond acceptors (Lipinski definition) is 5. The van der Waals surface area contributed by atoms with Crippen molar-refractivity contribution >= 4 is 23.4 Å². The summed E-state index contributed by atoms with van der Waals surface area (Å²) in [4.78, 5) is 9.93. The molecule has 0 aromatic carbocycles. The Labute approximate surface area is 92.9 Å². The van der Waals surface area contributed by atoms with E-state index < -0.39 is 0 Å². The molecular formula is C9H13ClN4O. The van der Waals surface area contributed by atoms with Crippen LogP contribution in [0.4, 0.5) is 11.8 Å². The van der Waals surface area contributed by atoms with Crippen LogP contribution in [0.5, 0.6) is 0 Å². The fourth-order valence-corrected chi connectivity index (χ4v) is 2.08. The molecule has 1 aliphatic heterocycles. The van der Waals surface area contributed by atoms with E-state index in [-0.39, 0.29) is 18.6 Å². The molecule has 0 spiro atoms. The highest BCUT2D eigenvalue weighted by atomic mass is 35.5. The number of aliphatic hydroxyl groups is 1. The van der Waals surface area contributed by atoms with E-state index in [4.69, 9.17) is 17.3 Å². The lowest BCUT2D eigenvalue weighted by molar-refractivity contribution is 0.266. The van der Waals surface area contributed by atoms with Crippen molar-refractivity contribution < 1.29 is 5.11 Å². The lowest BCUT2D eigenvalue weighted by atomic mass is 10.2. The van der Waals surface area contributed by atoms with E-state index in [2.05, 4.69) is 9.97 Å². The van der Waals surface area contributed by atoms with Crippen LogP contribution in [0.15, 0.2) is 6.07 Å². The van der Waals surface area contributed by atoms with Crippen molar-refractivity contribution in [2.24, 2.45) is 0 Å². The molecule has 2 rings (SSSR count). The van der Waals surface area contributed by atoms with Crippen LogP contribution in [0, 0.1) is 0 Å². The van der Waals surface area contributed by atoms with Gasteiger partial charge < -0.3 is 15.7 Å². The number of aliphatic hydroxyl groups excluding tert-OH is 1. The molecule has 1 saturated heterocycles. The van der Waals surface area contributed by atoms with E-state index in [1.165, 1.54) is 0 Å². The summed E-state index contributed by atoms with van der Waals surface area (Å²) < 4.78 is 0. The molecule has 1 fully saturated rings. The van der Waals surface area contributed by atoms with Crippen molar-refractivity contribution in [1.82, 2.24) is 9.97 Å². The number of nitrogens with two attached hydrogens (primary N) is 1. The van der Waals surface area contributed by atoms with Gasteiger partial charge in [0.25, 0.3) is 0 Å². The SMILES string of the molecule is Nc1nc(Cl)cc(N2CCCC2CO)n1. The zero-order valence-electron chi connectivity index (χ0n) is 8.23. The van der Waals surface area contributed by atoms with Crippen molar-refractivity contribution in [2.45, 2.75) is 18.9 Å². The summed E-state index contributed by atoms with van der Waals surface area (Å²) in [5, 5.41) is 9.52. The van der Waals surface area contributed by atoms with E-state index >= 15 is 0 Å². The molecule has 1 aromatic heterocycles. The van der Waals surface area contributed by atoms with Gasteiger partial charge in [-0.2, -0.15) is 4.98 Å². The second-order valence-corrected chi connectivity index (χ2v) is 3.97. The minimum absolute atomic E-state index is 0.121. The number of nitrogen functional groups attached to an aromatic ring is 1. The lowest BCUT2D eigenvalue weighted by Crippen LogP contribution is -2.32. The number of hydrogen-bond donors (Lipinski definition) is 2. The Morgan fingerprint density at radius 1 is 1.60 bits per heavy atom. The predicted molar refractivity (Wildman–Crippen MR) is 58.9 cm³/mol. The molecule has 0 aliphatic carbocycles. The first-order valence-electron chi connectivity index (χ1n) is 4.88. The van der Waals surface area contributed by atoms with Gasteiger partial charge in [0, 0.05) is 12.6 Å². The van der Waals surface area contributed by atoms with Crippen molar-refractivity contribution in [1.29, 1.82) is 0 Å². The Bertz CT molecular complexity index is 340. The van der Waals surface area contributed by atoms with Gasteiger partial charge >= 0.3 is 0 Å². The van der Waals surface area contributed by atoms with Gasteiger partial charge in [0.15, 0.2) is 0 Å². The molecule has 1 aromatic rings. The van der Waals surface area contributed by atoms with Crippen LogP contribution >= 0.6 is 11.6 Å². The van der Waals surface area contributed by atoms with Gasteiger partial charge in [-0.25, -0.2) is 4.98 Å². The third-order valence-electron chi connectivity index (χ3n) is 2.58. The zero-order valence-corrected chi connectivity index (χ0v) is 8.98. The maximum Gasteiger partial charge on any atom is 0.223 e. The predicted octanol–water partition coefficient (Wildman–Crippen LogP) is 0.673. The zero-order chi connectivity index (χ0) is 10.8. The van der Waals surface area contributed by atoms with Gasteiger partial charge in [0.05, 0.1) is 12.6 Å². The molecule has 1 unspecified atom stereocenters. The number of aromatic nitrogens is 2. The van der Waals surface area contributed by atoms with Crippen LogP contribution < -0.4 is 10.6 Å². The van der Waals surface area contributed by atoms with Crippen LogP contribution in [0.25, 0.3) is 0 Å². The van der Waals surface area contributed by atoms with Gasteiger partial charge in [-0.3, -0.25) is 0 Å². The van der Waals surface area contributed by atoms with E-state index in [1.807, 2.05) is 4.90 Å². The number of rotatable bonds is 2. The summed E-state index contributed by atoms with van der Waals surface area (Å²) in [6.45, 7) is 1.000. The van der Waals surface area contributed by atoms with Gasteiger partial charge in [-0.05, 0) is 12.8 Å². The Balaban J connectivity index is 2.28. The smallest absolute Gasteiger partial charge is 0.223 e. The standard InChI is InChI=1S/C9H13ClN4O/c10-7-4-8(13-9(11)12-7)14-3-1-2-6(14)5-15/h4,6,15H,1-3,5H2,(H2,11,12,13). The summed E-state index contributed by atoms with van der Waals surface area (Å²) in [6.07, 6.45) is 2.02. The largest absolute Gasteiger partial charge is 0.394 e. The molecule has 2 heterocycles. The Morgan fingerprint density at radius 3 is 3.07 bits per heavy atom. The monoisotopic (exact) mass is 228 g/mol. The molecule has 3 N–H and O–H groups in total. The molecule has 1 atom stereocenters. The molecule has 1 aliphatic rings. The first kappa shape index (κ1) is 10.4. The van der Waals surface area contributed by atoms with Crippen LogP contribution in [-0.4, -0.2) is 34.3 Å². The summed E-state index contributed by atoms with van der Waals surface area (Å²) in [5.74, 6) is 0.866. The fourth-order valence-electron chi connectivity index (χ4n) is 1.90.